The number of hydrogen-bond acceptors (Lipinski definition) is 4. The SMILES string of the molecule is Cc1cccc(OCC(=O)NNC(=O)c2ccc(-c3ccc(F)cc3)o2)c1. The number of carbonyl (C=O) groups is 2. The van der Waals surface area contributed by atoms with Crippen LogP contribution in [0.2, 0.25) is 0 Å². The molecule has 0 unspecified atom stereocenters. The van der Waals surface area contributed by atoms with Crippen molar-refractivity contribution >= 4 is 11.8 Å². The molecular formula is C20H17FN2O4. The van der Waals surface area contributed by atoms with Crippen LogP contribution >= 0.6 is 0 Å². The molecule has 0 fully saturated rings. The first kappa shape index (κ1) is 18.2. The van der Waals surface area contributed by atoms with Gasteiger partial charge in [-0.15, -0.1) is 0 Å². The van der Waals surface area contributed by atoms with Gasteiger partial charge >= 0.3 is 5.91 Å². The molecule has 0 saturated heterocycles. The largest absolute Gasteiger partial charge is 0.484 e. The van der Waals surface area contributed by atoms with Crippen molar-refractivity contribution in [3.63, 3.8) is 0 Å². The zero-order valence-electron chi connectivity index (χ0n) is 14.5. The molecule has 2 N–H and O–H groups in total. The Kier molecular flexibility index (Phi) is 5.51. The van der Waals surface area contributed by atoms with Crippen LogP contribution in [0.15, 0.2) is 65.1 Å². The van der Waals surface area contributed by atoms with Gasteiger partial charge in [0.1, 0.15) is 17.3 Å². The lowest BCUT2D eigenvalue weighted by molar-refractivity contribution is -0.123. The third-order valence-electron chi connectivity index (χ3n) is 3.63. The van der Waals surface area contributed by atoms with E-state index in [2.05, 4.69) is 10.9 Å². The number of hydrazine groups is 1. The van der Waals surface area contributed by atoms with E-state index in [1.54, 1.807) is 30.3 Å². The summed E-state index contributed by atoms with van der Waals surface area (Å²) in [5.41, 5.74) is 6.14. The van der Waals surface area contributed by atoms with Crippen molar-refractivity contribution in [1.82, 2.24) is 10.9 Å². The average molecular weight is 368 g/mol. The summed E-state index contributed by atoms with van der Waals surface area (Å²) in [4.78, 5) is 23.8. The second-order valence-electron chi connectivity index (χ2n) is 5.78. The van der Waals surface area contributed by atoms with Crippen LogP contribution < -0.4 is 15.6 Å². The highest BCUT2D eigenvalue weighted by Gasteiger charge is 2.13. The van der Waals surface area contributed by atoms with Crippen molar-refractivity contribution in [3.05, 3.63) is 77.8 Å². The summed E-state index contributed by atoms with van der Waals surface area (Å²) in [7, 11) is 0. The average Bonchev–Trinajstić information content (AvgIpc) is 3.15. The molecule has 0 aliphatic carbocycles. The highest BCUT2D eigenvalue weighted by Crippen LogP contribution is 2.22. The second kappa shape index (κ2) is 8.18. The van der Waals surface area contributed by atoms with Gasteiger partial charge in [-0.1, -0.05) is 12.1 Å². The lowest BCUT2D eigenvalue weighted by Crippen LogP contribution is -2.43. The van der Waals surface area contributed by atoms with E-state index < -0.39 is 11.8 Å². The van der Waals surface area contributed by atoms with E-state index in [0.717, 1.165) is 5.56 Å². The van der Waals surface area contributed by atoms with Crippen molar-refractivity contribution in [2.45, 2.75) is 6.92 Å². The number of amides is 2. The quantitative estimate of drug-likeness (QED) is 0.678. The van der Waals surface area contributed by atoms with Gasteiger partial charge in [0.05, 0.1) is 0 Å². The van der Waals surface area contributed by atoms with Gasteiger partial charge in [0.15, 0.2) is 12.4 Å². The Morgan fingerprint density at radius 3 is 2.56 bits per heavy atom. The Balaban J connectivity index is 1.50. The van der Waals surface area contributed by atoms with E-state index >= 15 is 0 Å². The second-order valence-corrected chi connectivity index (χ2v) is 5.78. The minimum atomic E-state index is -0.618. The molecule has 0 spiro atoms. The van der Waals surface area contributed by atoms with Crippen LogP contribution in [0.5, 0.6) is 5.75 Å². The Hall–Kier alpha value is -3.61. The minimum absolute atomic E-state index is 0.00854. The highest BCUT2D eigenvalue weighted by molar-refractivity contribution is 5.93. The van der Waals surface area contributed by atoms with E-state index in [4.69, 9.17) is 9.15 Å². The van der Waals surface area contributed by atoms with Crippen LogP contribution in [0.3, 0.4) is 0 Å². The number of ether oxygens (including phenoxy) is 1. The zero-order chi connectivity index (χ0) is 19.2. The number of benzene rings is 2. The maximum atomic E-state index is 13.0. The van der Waals surface area contributed by atoms with E-state index in [-0.39, 0.29) is 18.2 Å². The summed E-state index contributed by atoms with van der Waals surface area (Å²) in [6.07, 6.45) is 0. The van der Waals surface area contributed by atoms with Gasteiger partial charge < -0.3 is 9.15 Å². The van der Waals surface area contributed by atoms with E-state index in [1.807, 2.05) is 19.1 Å². The number of hydrogen-bond donors (Lipinski definition) is 2. The van der Waals surface area contributed by atoms with Gasteiger partial charge in [0, 0.05) is 5.56 Å². The number of aryl methyl sites for hydroxylation is 1. The molecule has 138 valence electrons. The predicted molar refractivity (Wildman–Crippen MR) is 96.4 cm³/mol. The summed E-state index contributed by atoms with van der Waals surface area (Å²) in [6.45, 7) is 1.67. The first-order chi connectivity index (χ1) is 13.0. The standard InChI is InChI=1S/C20H17FN2O4/c1-13-3-2-4-16(11-13)26-12-19(24)22-23-20(25)18-10-9-17(27-18)14-5-7-15(21)8-6-14/h2-11H,12H2,1H3,(H,22,24)(H,23,25). The molecule has 0 radical (unpaired) electrons. The molecule has 1 heterocycles. The predicted octanol–water partition coefficient (Wildman–Crippen LogP) is 3.23. The molecule has 0 aliphatic rings. The van der Waals surface area contributed by atoms with Crippen molar-refractivity contribution < 1.29 is 23.1 Å². The zero-order valence-corrected chi connectivity index (χ0v) is 14.5. The van der Waals surface area contributed by atoms with Gasteiger partial charge in [-0.25, -0.2) is 4.39 Å². The fourth-order valence-corrected chi connectivity index (χ4v) is 2.31. The highest BCUT2D eigenvalue weighted by atomic mass is 19.1. The fourth-order valence-electron chi connectivity index (χ4n) is 2.31. The number of furan rings is 1. The van der Waals surface area contributed by atoms with E-state index in [0.29, 0.717) is 17.1 Å². The summed E-state index contributed by atoms with van der Waals surface area (Å²) >= 11 is 0. The third-order valence-corrected chi connectivity index (χ3v) is 3.63. The Bertz CT molecular complexity index is 951. The van der Waals surface area contributed by atoms with Crippen LogP contribution in [0, 0.1) is 12.7 Å². The first-order valence-electron chi connectivity index (χ1n) is 8.16. The van der Waals surface area contributed by atoms with Crippen LogP contribution in [0.4, 0.5) is 4.39 Å². The Morgan fingerprint density at radius 2 is 1.81 bits per heavy atom. The van der Waals surface area contributed by atoms with Crippen LogP contribution in [-0.4, -0.2) is 18.4 Å². The topological polar surface area (TPSA) is 80.6 Å². The summed E-state index contributed by atoms with van der Waals surface area (Å²) < 4.78 is 23.7. The lowest BCUT2D eigenvalue weighted by Gasteiger charge is -2.08. The first-order valence-corrected chi connectivity index (χ1v) is 8.16. The van der Waals surface area contributed by atoms with Crippen LogP contribution in [0.25, 0.3) is 11.3 Å². The lowest BCUT2D eigenvalue weighted by atomic mass is 10.2. The van der Waals surface area contributed by atoms with Crippen molar-refractivity contribution in [2.24, 2.45) is 0 Å². The molecular weight excluding hydrogens is 351 g/mol. The van der Waals surface area contributed by atoms with Crippen LogP contribution in [-0.2, 0) is 4.79 Å². The molecule has 6 nitrogen and oxygen atoms in total. The molecule has 0 aliphatic heterocycles. The molecule has 0 atom stereocenters. The smallest absolute Gasteiger partial charge is 0.305 e. The fraction of sp³-hybridized carbons (Fsp3) is 0.100. The van der Waals surface area contributed by atoms with E-state index in [9.17, 15) is 14.0 Å². The van der Waals surface area contributed by atoms with Crippen LogP contribution in [0.1, 0.15) is 16.1 Å². The van der Waals surface area contributed by atoms with Crippen molar-refractivity contribution in [3.8, 4) is 17.1 Å². The molecule has 0 saturated carbocycles. The maximum Gasteiger partial charge on any atom is 0.305 e. The molecule has 2 amide bonds. The van der Waals surface area contributed by atoms with Gasteiger partial charge in [0.25, 0.3) is 5.91 Å². The molecule has 3 aromatic rings. The molecule has 27 heavy (non-hydrogen) atoms. The van der Waals surface area contributed by atoms with E-state index in [1.165, 1.54) is 18.2 Å². The summed E-state index contributed by atoms with van der Waals surface area (Å²) in [6, 6.07) is 16.0. The minimum Gasteiger partial charge on any atom is -0.484 e. The number of carbonyl (C=O) groups excluding carboxylic acids is 2. The van der Waals surface area contributed by atoms with Crippen molar-refractivity contribution in [2.75, 3.05) is 6.61 Å². The number of halogens is 1. The van der Waals surface area contributed by atoms with Crippen molar-refractivity contribution in [1.29, 1.82) is 0 Å². The molecule has 7 heteroatoms. The molecule has 2 aromatic carbocycles. The third kappa shape index (κ3) is 4.94. The monoisotopic (exact) mass is 368 g/mol. The Labute approximate surface area is 154 Å². The summed E-state index contributed by atoms with van der Waals surface area (Å²) in [5.74, 6) is -0.517. The molecule has 3 rings (SSSR count). The summed E-state index contributed by atoms with van der Waals surface area (Å²) in [5, 5.41) is 0. The van der Waals surface area contributed by atoms with Gasteiger partial charge in [-0.05, 0) is 61.0 Å². The Morgan fingerprint density at radius 1 is 1.04 bits per heavy atom. The van der Waals surface area contributed by atoms with Gasteiger partial charge in [-0.2, -0.15) is 0 Å². The maximum absolute atomic E-state index is 13.0. The molecule has 0 bridgehead atoms. The number of rotatable bonds is 5. The molecule has 1 aromatic heterocycles. The normalized spacial score (nSPS) is 10.3. The number of nitrogens with one attached hydrogen (secondary N) is 2. The van der Waals surface area contributed by atoms with Gasteiger partial charge in [0.2, 0.25) is 0 Å². The van der Waals surface area contributed by atoms with Gasteiger partial charge in [-0.3, -0.25) is 20.4 Å².